The summed E-state index contributed by atoms with van der Waals surface area (Å²) >= 11 is 0. The molecule has 2 aliphatic rings. The van der Waals surface area contributed by atoms with Crippen LogP contribution in [0.25, 0.3) is 11.2 Å². The third-order valence-corrected chi connectivity index (χ3v) is 5.16. The number of nitrogens with zero attached hydrogens (tertiary/aromatic N) is 4. The minimum absolute atomic E-state index is 0.668. The molecule has 114 valence electrons. The van der Waals surface area contributed by atoms with Gasteiger partial charge in [0.15, 0.2) is 5.65 Å². The Balaban J connectivity index is 1.71. The summed E-state index contributed by atoms with van der Waals surface area (Å²) < 4.78 is 4.20. The minimum atomic E-state index is 0.668. The number of anilines is 1. The molecule has 2 aromatic rings. The lowest BCUT2D eigenvalue weighted by Crippen LogP contribution is -2.17. The summed E-state index contributed by atoms with van der Waals surface area (Å²) in [5.41, 5.74) is 9.45. The Hall–Kier alpha value is -1.52. The van der Waals surface area contributed by atoms with Gasteiger partial charge in [0.1, 0.15) is 5.52 Å². The van der Waals surface area contributed by atoms with Crippen molar-refractivity contribution < 1.29 is 0 Å². The zero-order chi connectivity index (χ0) is 14.6. The fraction of sp³-hybridized carbons (Fsp3) is 0.750. The zero-order valence-electron chi connectivity index (χ0n) is 13.0. The van der Waals surface area contributed by atoms with Crippen molar-refractivity contribution in [1.82, 2.24) is 19.3 Å². The van der Waals surface area contributed by atoms with Crippen molar-refractivity contribution in [2.75, 3.05) is 5.73 Å². The van der Waals surface area contributed by atoms with Crippen molar-refractivity contribution in [3.63, 3.8) is 0 Å². The number of aryl methyl sites for hydroxylation is 2. The molecule has 0 bridgehead atoms. The zero-order valence-corrected chi connectivity index (χ0v) is 13.0. The van der Waals surface area contributed by atoms with Crippen LogP contribution >= 0.6 is 0 Å². The molecule has 0 aliphatic heterocycles. The average molecular weight is 287 g/mol. The molecule has 2 N–H and O–H groups in total. The van der Waals surface area contributed by atoms with Crippen molar-refractivity contribution in [1.29, 1.82) is 0 Å². The minimum Gasteiger partial charge on any atom is -0.369 e. The molecule has 2 saturated carbocycles. The van der Waals surface area contributed by atoms with Crippen LogP contribution < -0.4 is 5.73 Å². The van der Waals surface area contributed by atoms with Gasteiger partial charge in [-0.05, 0) is 49.9 Å². The predicted octanol–water partition coefficient (Wildman–Crippen LogP) is 2.74. The first-order chi connectivity index (χ1) is 10.2. The molecule has 0 aromatic carbocycles. The highest BCUT2D eigenvalue weighted by molar-refractivity contribution is 5.77. The van der Waals surface area contributed by atoms with Crippen LogP contribution in [-0.2, 0) is 20.0 Å². The van der Waals surface area contributed by atoms with E-state index in [2.05, 4.69) is 21.6 Å². The number of nitrogen functional groups attached to an aromatic ring is 1. The van der Waals surface area contributed by atoms with E-state index in [9.17, 15) is 0 Å². The van der Waals surface area contributed by atoms with E-state index in [-0.39, 0.29) is 0 Å². The topological polar surface area (TPSA) is 61.7 Å². The predicted molar refractivity (Wildman–Crippen MR) is 83.8 cm³/mol. The molecule has 21 heavy (non-hydrogen) atoms. The van der Waals surface area contributed by atoms with Crippen molar-refractivity contribution >= 4 is 17.1 Å². The fourth-order valence-corrected chi connectivity index (χ4v) is 3.79. The van der Waals surface area contributed by atoms with Gasteiger partial charge in [-0.15, -0.1) is 0 Å². The first-order valence-corrected chi connectivity index (χ1v) is 8.36. The second kappa shape index (κ2) is 4.75. The molecule has 2 aromatic heterocycles. The molecule has 4 rings (SSSR count). The first-order valence-electron chi connectivity index (χ1n) is 8.36. The number of nitrogens with two attached hydrogens (primary N) is 1. The van der Waals surface area contributed by atoms with Crippen LogP contribution in [0, 0.1) is 17.8 Å². The fourth-order valence-electron chi connectivity index (χ4n) is 3.79. The van der Waals surface area contributed by atoms with Crippen molar-refractivity contribution in [3.05, 3.63) is 5.69 Å². The van der Waals surface area contributed by atoms with E-state index in [1.165, 1.54) is 25.7 Å². The largest absolute Gasteiger partial charge is 0.369 e. The molecular weight excluding hydrogens is 262 g/mol. The highest BCUT2D eigenvalue weighted by atomic mass is 15.3. The monoisotopic (exact) mass is 287 g/mol. The average Bonchev–Trinajstić information content (AvgIpc) is 3.34. The summed E-state index contributed by atoms with van der Waals surface area (Å²) in [7, 11) is 2.02. The van der Waals surface area contributed by atoms with E-state index in [0.29, 0.717) is 5.95 Å². The Labute approximate surface area is 125 Å². The van der Waals surface area contributed by atoms with Gasteiger partial charge in [-0.25, -0.2) is 4.98 Å². The summed E-state index contributed by atoms with van der Waals surface area (Å²) in [4.78, 5) is 4.62. The number of hydrogen-bond acceptors (Lipinski definition) is 3. The maximum absolute atomic E-state index is 6.23. The van der Waals surface area contributed by atoms with Gasteiger partial charge < -0.3 is 5.73 Å². The number of imidazole rings is 1. The summed E-state index contributed by atoms with van der Waals surface area (Å²) in [5.74, 6) is 3.33. The van der Waals surface area contributed by atoms with Crippen LogP contribution in [0.3, 0.4) is 0 Å². The molecule has 2 aliphatic carbocycles. The summed E-state index contributed by atoms with van der Waals surface area (Å²) in [6.45, 7) is 3.21. The quantitative estimate of drug-likeness (QED) is 0.888. The highest BCUT2D eigenvalue weighted by Crippen LogP contribution is 2.50. The van der Waals surface area contributed by atoms with Crippen LogP contribution in [0.4, 0.5) is 5.95 Å². The molecule has 2 fully saturated rings. The van der Waals surface area contributed by atoms with Crippen LogP contribution in [0.1, 0.15) is 44.7 Å². The molecule has 5 heteroatoms. The molecule has 0 unspecified atom stereocenters. The number of aromatic nitrogens is 4. The van der Waals surface area contributed by atoms with Gasteiger partial charge in [0.2, 0.25) is 5.95 Å². The van der Waals surface area contributed by atoms with E-state index in [1.807, 2.05) is 11.7 Å². The molecule has 0 amide bonds. The molecule has 5 nitrogen and oxygen atoms in total. The van der Waals surface area contributed by atoms with Gasteiger partial charge in [0.05, 0.1) is 5.69 Å². The maximum atomic E-state index is 6.23. The van der Waals surface area contributed by atoms with Gasteiger partial charge in [0.25, 0.3) is 0 Å². The summed E-state index contributed by atoms with van der Waals surface area (Å²) in [6, 6.07) is 0. The van der Waals surface area contributed by atoms with Gasteiger partial charge >= 0.3 is 0 Å². The van der Waals surface area contributed by atoms with Gasteiger partial charge in [-0.3, -0.25) is 9.25 Å². The Bertz CT molecular complexity index is 648. The maximum Gasteiger partial charge on any atom is 0.202 e. The van der Waals surface area contributed by atoms with Gasteiger partial charge in [-0.1, -0.05) is 13.3 Å². The summed E-state index contributed by atoms with van der Waals surface area (Å²) in [5, 5.41) is 4.65. The molecule has 0 spiro atoms. The number of rotatable bonds is 6. The summed E-state index contributed by atoms with van der Waals surface area (Å²) in [6.07, 6.45) is 7.70. The lowest BCUT2D eigenvalue weighted by atomic mass is 9.98. The van der Waals surface area contributed by atoms with E-state index >= 15 is 0 Å². The Morgan fingerprint density at radius 1 is 1.24 bits per heavy atom. The molecule has 2 heterocycles. The SMILES string of the molecule is CCCc1nn(C)c2c1nc(N)n2CC(C1CC1)C1CC1. The normalized spacial score (nSPS) is 19.0. The number of hydrogen-bond donors (Lipinski definition) is 1. The van der Waals surface area contributed by atoms with E-state index in [1.54, 1.807) is 0 Å². The lowest BCUT2D eigenvalue weighted by Gasteiger charge is -2.17. The molecule has 0 radical (unpaired) electrons. The molecular formula is C16H25N5. The molecule has 0 atom stereocenters. The van der Waals surface area contributed by atoms with Gasteiger partial charge in [-0.2, -0.15) is 5.10 Å². The second-order valence-electron chi connectivity index (χ2n) is 6.91. The van der Waals surface area contributed by atoms with E-state index in [0.717, 1.165) is 54.0 Å². The van der Waals surface area contributed by atoms with Crippen LogP contribution in [0.15, 0.2) is 0 Å². The Kier molecular flexibility index (Phi) is 2.98. The standard InChI is InChI=1S/C16H25N5/c1-3-4-13-14-15(20(2)19-13)21(16(17)18-14)9-12(10-5-6-10)11-7-8-11/h10-12H,3-9H2,1-2H3,(H2,17,18). The van der Waals surface area contributed by atoms with E-state index in [4.69, 9.17) is 5.73 Å². The Morgan fingerprint density at radius 2 is 1.90 bits per heavy atom. The lowest BCUT2D eigenvalue weighted by molar-refractivity contribution is 0.353. The first kappa shape index (κ1) is 13.2. The van der Waals surface area contributed by atoms with E-state index < -0.39 is 0 Å². The van der Waals surface area contributed by atoms with Crippen molar-refractivity contribution in [3.8, 4) is 0 Å². The number of fused-ring (bicyclic) bond motifs is 1. The van der Waals surface area contributed by atoms with Crippen molar-refractivity contribution in [2.24, 2.45) is 24.8 Å². The second-order valence-corrected chi connectivity index (χ2v) is 6.91. The van der Waals surface area contributed by atoms with Crippen molar-refractivity contribution in [2.45, 2.75) is 52.0 Å². The Morgan fingerprint density at radius 3 is 2.48 bits per heavy atom. The van der Waals surface area contributed by atoms with Crippen LogP contribution in [0.2, 0.25) is 0 Å². The van der Waals surface area contributed by atoms with Gasteiger partial charge in [0, 0.05) is 13.6 Å². The third-order valence-electron chi connectivity index (χ3n) is 5.16. The highest BCUT2D eigenvalue weighted by Gasteiger charge is 2.42. The van der Waals surface area contributed by atoms with Crippen LogP contribution in [0.5, 0.6) is 0 Å². The third kappa shape index (κ3) is 2.23. The smallest absolute Gasteiger partial charge is 0.202 e. The van der Waals surface area contributed by atoms with Crippen LogP contribution in [-0.4, -0.2) is 19.3 Å². The molecule has 0 saturated heterocycles.